The van der Waals surface area contributed by atoms with E-state index in [4.69, 9.17) is 9.98 Å². The lowest BCUT2D eigenvalue weighted by Crippen LogP contribution is -2.33. The van der Waals surface area contributed by atoms with Crippen LogP contribution in [0.25, 0.3) is 62.6 Å². The molecule has 3 nitrogen and oxygen atoms in total. The summed E-state index contributed by atoms with van der Waals surface area (Å²) in [6.45, 7) is 0. The van der Waals surface area contributed by atoms with E-state index in [1.165, 1.54) is 62.6 Å². The van der Waals surface area contributed by atoms with E-state index in [0.717, 1.165) is 28.4 Å². The Kier molecular flexibility index (Phi) is 6.93. The molecule has 3 heterocycles. The number of rotatable bonds is 5. The van der Waals surface area contributed by atoms with Gasteiger partial charge in [-0.15, -0.1) is 22.7 Å². The molecular weight excluding hydrogens is 647 g/mol. The van der Waals surface area contributed by atoms with Gasteiger partial charge in [0.1, 0.15) is 12.0 Å². The molecule has 50 heavy (non-hydrogen) atoms. The van der Waals surface area contributed by atoms with Gasteiger partial charge in [0.25, 0.3) is 0 Å². The molecule has 0 aliphatic carbocycles. The minimum atomic E-state index is -0.218. The summed E-state index contributed by atoms with van der Waals surface area (Å²) < 4.78 is 5.19. The highest BCUT2D eigenvalue weighted by atomic mass is 32.1. The normalized spacial score (nSPS) is 14.6. The van der Waals surface area contributed by atoms with Crippen LogP contribution in [0.1, 0.15) is 22.9 Å². The molecule has 1 atom stereocenters. The van der Waals surface area contributed by atoms with Gasteiger partial charge in [0.05, 0.1) is 0 Å². The minimum Gasteiger partial charge on any atom is -0.344 e. The predicted molar refractivity (Wildman–Crippen MR) is 215 cm³/mol. The molecule has 1 N–H and O–H groups in total. The van der Waals surface area contributed by atoms with Crippen LogP contribution < -0.4 is 5.32 Å². The number of aliphatic imine (C=N–C) groups is 2. The van der Waals surface area contributed by atoms with Crippen molar-refractivity contribution < 1.29 is 0 Å². The van der Waals surface area contributed by atoms with Crippen LogP contribution in [0, 0.1) is 0 Å². The summed E-state index contributed by atoms with van der Waals surface area (Å²) in [6.07, 6.45) is -0.218. The monoisotopic (exact) mass is 675 g/mol. The van der Waals surface area contributed by atoms with E-state index >= 15 is 0 Å². The molecule has 5 heteroatoms. The first kappa shape index (κ1) is 29.1. The second kappa shape index (κ2) is 11.9. The lowest BCUT2D eigenvalue weighted by atomic mass is 9.98. The molecule has 7 aromatic carbocycles. The van der Waals surface area contributed by atoms with Crippen molar-refractivity contribution in [3.63, 3.8) is 0 Å². The maximum Gasteiger partial charge on any atom is 0.159 e. The Labute approximate surface area is 297 Å². The molecule has 0 saturated heterocycles. The molecule has 9 aromatic rings. The standard InChI is InChI=1S/C45H29N3S2/c1-3-9-30(10-4-1)43-46-44(31-11-5-2-6-12-31)48-45(47-43)34-19-22-36-38-26-33(21-24-41(38)50-42(36)27-34)29-17-15-28(16-18-29)32-20-23-40-37(25-32)35-13-7-8-14-39(35)49-40/h1-27,43H,(H,46,47,48). The summed E-state index contributed by atoms with van der Waals surface area (Å²) in [5, 5.41) is 8.82. The Balaban J connectivity index is 0.975. The number of hydrogen-bond acceptors (Lipinski definition) is 5. The number of fused-ring (bicyclic) bond motifs is 6. The van der Waals surface area contributed by atoms with Crippen LogP contribution in [0.2, 0.25) is 0 Å². The highest BCUT2D eigenvalue weighted by Crippen LogP contribution is 2.39. The zero-order chi connectivity index (χ0) is 33.0. The van der Waals surface area contributed by atoms with Crippen LogP contribution in [0.15, 0.2) is 174 Å². The second-order valence-corrected chi connectivity index (χ2v) is 14.8. The van der Waals surface area contributed by atoms with Gasteiger partial charge in [-0.3, -0.25) is 0 Å². The van der Waals surface area contributed by atoms with Crippen LogP contribution >= 0.6 is 22.7 Å². The van der Waals surface area contributed by atoms with Crippen molar-refractivity contribution in [2.45, 2.75) is 6.17 Å². The molecule has 1 aliphatic rings. The Morgan fingerprint density at radius 3 is 1.64 bits per heavy atom. The first-order valence-corrected chi connectivity index (χ1v) is 18.4. The average molecular weight is 676 g/mol. The Morgan fingerprint density at radius 2 is 0.940 bits per heavy atom. The fourth-order valence-electron chi connectivity index (χ4n) is 6.98. The predicted octanol–water partition coefficient (Wildman–Crippen LogP) is 12.3. The zero-order valence-corrected chi connectivity index (χ0v) is 28.5. The van der Waals surface area contributed by atoms with Gasteiger partial charge in [0.15, 0.2) is 5.84 Å². The number of hydrogen-bond donors (Lipinski definition) is 1. The van der Waals surface area contributed by atoms with E-state index in [1.54, 1.807) is 0 Å². The maximum atomic E-state index is 5.03. The van der Waals surface area contributed by atoms with Crippen LogP contribution in [-0.2, 0) is 0 Å². The average Bonchev–Trinajstić information content (AvgIpc) is 3.75. The topological polar surface area (TPSA) is 36.8 Å². The molecule has 0 radical (unpaired) electrons. The molecule has 1 unspecified atom stereocenters. The highest BCUT2D eigenvalue weighted by Gasteiger charge is 2.21. The van der Waals surface area contributed by atoms with Gasteiger partial charge in [-0.25, -0.2) is 9.98 Å². The fraction of sp³-hybridized carbons (Fsp3) is 0.0222. The third-order valence-corrected chi connectivity index (χ3v) is 11.8. The largest absolute Gasteiger partial charge is 0.344 e. The Bertz CT molecular complexity index is 2770. The van der Waals surface area contributed by atoms with E-state index in [-0.39, 0.29) is 6.17 Å². The van der Waals surface area contributed by atoms with Crippen LogP contribution in [0.3, 0.4) is 0 Å². The summed E-state index contributed by atoms with van der Waals surface area (Å²) in [5.41, 5.74) is 8.08. The molecule has 0 spiro atoms. The van der Waals surface area contributed by atoms with Crippen molar-refractivity contribution >= 4 is 74.7 Å². The van der Waals surface area contributed by atoms with E-state index in [9.17, 15) is 0 Å². The Hall–Kier alpha value is -5.88. The van der Waals surface area contributed by atoms with Crippen LogP contribution in [0.5, 0.6) is 0 Å². The molecule has 2 aromatic heterocycles. The smallest absolute Gasteiger partial charge is 0.159 e. The van der Waals surface area contributed by atoms with Gasteiger partial charge in [-0.05, 0) is 64.2 Å². The van der Waals surface area contributed by atoms with Crippen molar-refractivity contribution in [1.82, 2.24) is 5.32 Å². The maximum absolute atomic E-state index is 5.03. The lowest BCUT2D eigenvalue weighted by Gasteiger charge is -2.23. The van der Waals surface area contributed by atoms with Gasteiger partial charge in [0, 0.05) is 51.5 Å². The second-order valence-electron chi connectivity index (χ2n) is 12.6. The molecular formula is C45H29N3S2. The Morgan fingerprint density at radius 1 is 0.400 bits per heavy atom. The van der Waals surface area contributed by atoms with Gasteiger partial charge in [-0.1, -0.05) is 127 Å². The van der Waals surface area contributed by atoms with Crippen molar-refractivity contribution in [2.24, 2.45) is 9.98 Å². The summed E-state index contributed by atoms with van der Waals surface area (Å²) in [5.74, 6) is 1.57. The summed E-state index contributed by atoms with van der Waals surface area (Å²) in [6, 6.07) is 58.7. The number of nitrogens with zero attached hydrogens (tertiary/aromatic N) is 2. The SMILES string of the molecule is c1ccc(C2=NC(c3ccccc3)NC(c3ccc4c(c3)sc3ccc(-c5ccc(-c6ccc7sc8ccccc8c7c6)cc5)cc34)=N2)cc1. The van der Waals surface area contributed by atoms with Crippen molar-refractivity contribution in [1.29, 1.82) is 0 Å². The van der Waals surface area contributed by atoms with Gasteiger partial charge < -0.3 is 5.32 Å². The van der Waals surface area contributed by atoms with E-state index < -0.39 is 0 Å². The highest BCUT2D eigenvalue weighted by molar-refractivity contribution is 7.26. The third-order valence-electron chi connectivity index (χ3n) is 9.56. The first-order chi connectivity index (χ1) is 24.7. The van der Waals surface area contributed by atoms with Crippen LogP contribution in [0.4, 0.5) is 0 Å². The molecule has 10 rings (SSSR count). The van der Waals surface area contributed by atoms with E-state index in [0.29, 0.717) is 0 Å². The molecule has 0 amide bonds. The molecule has 0 fully saturated rings. The van der Waals surface area contributed by atoms with Crippen molar-refractivity contribution in [2.75, 3.05) is 0 Å². The number of benzene rings is 7. The van der Waals surface area contributed by atoms with Crippen LogP contribution in [-0.4, -0.2) is 11.7 Å². The molecule has 0 saturated carbocycles. The third kappa shape index (κ3) is 5.10. The van der Waals surface area contributed by atoms with Gasteiger partial charge >= 0.3 is 0 Å². The van der Waals surface area contributed by atoms with Crippen molar-refractivity contribution in [3.05, 3.63) is 180 Å². The number of thiophene rings is 2. The molecule has 236 valence electrons. The molecule has 1 aliphatic heterocycles. The van der Waals surface area contributed by atoms with E-state index in [2.05, 4.69) is 145 Å². The quantitative estimate of drug-likeness (QED) is 0.194. The minimum absolute atomic E-state index is 0.218. The summed E-state index contributed by atoms with van der Waals surface area (Å²) in [4.78, 5) is 10.0. The van der Waals surface area contributed by atoms with Gasteiger partial charge in [0.2, 0.25) is 0 Å². The first-order valence-electron chi connectivity index (χ1n) is 16.8. The van der Waals surface area contributed by atoms with Crippen molar-refractivity contribution in [3.8, 4) is 22.3 Å². The summed E-state index contributed by atoms with van der Waals surface area (Å²) >= 11 is 3.69. The summed E-state index contributed by atoms with van der Waals surface area (Å²) in [7, 11) is 0. The number of nitrogens with one attached hydrogen (secondary N) is 1. The number of amidine groups is 2. The molecule has 0 bridgehead atoms. The fourth-order valence-corrected chi connectivity index (χ4v) is 9.20. The van der Waals surface area contributed by atoms with E-state index in [1.807, 2.05) is 46.9 Å². The zero-order valence-electron chi connectivity index (χ0n) is 26.9. The van der Waals surface area contributed by atoms with Gasteiger partial charge in [-0.2, -0.15) is 0 Å². The lowest BCUT2D eigenvalue weighted by molar-refractivity contribution is 0.674.